The van der Waals surface area contributed by atoms with E-state index in [0.717, 1.165) is 11.1 Å². The number of sulfone groups is 1. The molecule has 0 spiro atoms. The highest BCUT2D eigenvalue weighted by atomic mass is 32.2. The lowest BCUT2D eigenvalue weighted by Crippen LogP contribution is -2.36. The molecule has 1 unspecified atom stereocenters. The number of fused-ring (bicyclic) bond motifs is 1. The van der Waals surface area contributed by atoms with Crippen molar-refractivity contribution in [1.82, 2.24) is 4.90 Å². The highest BCUT2D eigenvalue weighted by Gasteiger charge is 2.36. The summed E-state index contributed by atoms with van der Waals surface area (Å²) in [6.45, 7) is 0.676. The Morgan fingerprint density at radius 1 is 1.29 bits per heavy atom. The fourth-order valence-electron chi connectivity index (χ4n) is 2.64. The highest BCUT2D eigenvalue weighted by molar-refractivity contribution is 7.91. The molecule has 0 bridgehead atoms. The molecule has 4 nitrogen and oxygen atoms in total. The Morgan fingerprint density at radius 2 is 2.06 bits per heavy atom. The standard InChI is InChI=1S/C12H14N2O2S/c13-12-11-4-2-1-3-9(11)7-14(12)10-5-6-17(15,16)8-10/h1-4,10,13H,5-8H2. The molecule has 2 heterocycles. The molecular formula is C12H14N2O2S. The minimum Gasteiger partial charge on any atom is -0.348 e. The molecule has 0 radical (unpaired) electrons. The van der Waals surface area contributed by atoms with Crippen molar-refractivity contribution in [2.75, 3.05) is 11.5 Å². The largest absolute Gasteiger partial charge is 0.348 e. The molecule has 90 valence electrons. The van der Waals surface area contributed by atoms with E-state index in [1.54, 1.807) is 0 Å². The van der Waals surface area contributed by atoms with Crippen molar-refractivity contribution in [3.63, 3.8) is 0 Å². The smallest absolute Gasteiger partial charge is 0.152 e. The quantitative estimate of drug-likeness (QED) is 0.809. The average Bonchev–Trinajstić information content (AvgIpc) is 2.81. The van der Waals surface area contributed by atoms with Gasteiger partial charge in [0.1, 0.15) is 5.84 Å². The summed E-state index contributed by atoms with van der Waals surface area (Å²) >= 11 is 0. The molecule has 0 aromatic heterocycles. The van der Waals surface area contributed by atoms with Crippen LogP contribution in [0.2, 0.25) is 0 Å². The highest BCUT2D eigenvalue weighted by Crippen LogP contribution is 2.28. The van der Waals surface area contributed by atoms with E-state index in [1.165, 1.54) is 0 Å². The van der Waals surface area contributed by atoms with Crippen LogP contribution in [0.4, 0.5) is 0 Å². The van der Waals surface area contributed by atoms with E-state index < -0.39 is 9.84 Å². The van der Waals surface area contributed by atoms with Gasteiger partial charge in [-0.05, 0) is 12.0 Å². The van der Waals surface area contributed by atoms with Gasteiger partial charge < -0.3 is 4.90 Å². The zero-order valence-electron chi connectivity index (χ0n) is 9.39. The third kappa shape index (κ3) is 1.74. The molecule has 0 aliphatic carbocycles. The van der Waals surface area contributed by atoms with E-state index in [-0.39, 0.29) is 17.5 Å². The molecule has 17 heavy (non-hydrogen) atoms. The SMILES string of the molecule is N=C1c2ccccc2CN1C1CCS(=O)(=O)C1. The summed E-state index contributed by atoms with van der Waals surface area (Å²) in [6, 6.07) is 7.80. The van der Waals surface area contributed by atoms with Crippen molar-refractivity contribution in [1.29, 1.82) is 5.41 Å². The van der Waals surface area contributed by atoms with Gasteiger partial charge in [-0.3, -0.25) is 5.41 Å². The monoisotopic (exact) mass is 250 g/mol. The average molecular weight is 250 g/mol. The third-order valence-corrected chi connectivity index (χ3v) is 5.30. The zero-order chi connectivity index (χ0) is 12.0. The summed E-state index contributed by atoms with van der Waals surface area (Å²) in [6.07, 6.45) is 0.651. The minimum absolute atomic E-state index is 0.0140. The molecule has 1 N–H and O–H groups in total. The van der Waals surface area contributed by atoms with Gasteiger partial charge in [0.15, 0.2) is 9.84 Å². The van der Waals surface area contributed by atoms with E-state index in [9.17, 15) is 8.42 Å². The number of benzene rings is 1. The normalized spacial score (nSPS) is 26.2. The predicted molar refractivity (Wildman–Crippen MR) is 65.9 cm³/mol. The van der Waals surface area contributed by atoms with Gasteiger partial charge in [0, 0.05) is 18.2 Å². The lowest BCUT2D eigenvalue weighted by molar-refractivity contribution is 0.339. The fourth-order valence-corrected chi connectivity index (χ4v) is 4.37. The van der Waals surface area contributed by atoms with Gasteiger partial charge in [-0.25, -0.2) is 8.42 Å². The zero-order valence-corrected chi connectivity index (χ0v) is 10.2. The molecule has 1 fully saturated rings. The van der Waals surface area contributed by atoms with Crippen molar-refractivity contribution in [3.05, 3.63) is 35.4 Å². The first-order valence-electron chi connectivity index (χ1n) is 5.71. The van der Waals surface area contributed by atoms with Crippen LogP contribution in [0, 0.1) is 5.41 Å². The van der Waals surface area contributed by atoms with Crippen molar-refractivity contribution in [2.45, 2.75) is 19.0 Å². The molecule has 0 amide bonds. The van der Waals surface area contributed by atoms with Crippen LogP contribution in [0.25, 0.3) is 0 Å². The van der Waals surface area contributed by atoms with Gasteiger partial charge in [0.2, 0.25) is 0 Å². The second-order valence-corrected chi connectivity index (χ2v) is 6.92. The lowest BCUT2D eigenvalue weighted by atomic mass is 10.1. The molecular weight excluding hydrogens is 236 g/mol. The van der Waals surface area contributed by atoms with Crippen molar-refractivity contribution >= 4 is 15.7 Å². The number of nitrogens with one attached hydrogen (secondary N) is 1. The van der Waals surface area contributed by atoms with E-state index in [0.29, 0.717) is 18.8 Å². The first-order chi connectivity index (χ1) is 8.07. The molecule has 5 heteroatoms. The van der Waals surface area contributed by atoms with Crippen LogP contribution in [0.15, 0.2) is 24.3 Å². The third-order valence-electron chi connectivity index (χ3n) is 3.55. The summed E-state index contributed by atoms with van der Waals surface area (Å²) in [5.74, 6) is 0.934. The fraction of sp³-hybridized carbons (Fsp3) is 0.417. The van der Waals surface area contributed by atoms with E-state index in [4.69, 9.17) is 5.41 Å². The minimum atomic E-state index is -2.88. The van der Waals surface area contributed by atoms with Gasteiger partial charge in [-0.1, -0.05) is 24.3 Å². The Hall–Kier alpha value is -1.36. The van der Waals surface area contributed by atoms with Gasteiger partial charge >= 0.3 is 0 Å². The Labute approximate surface area is 101 Å². The number of amidine groups is 1. The first-order valence-corrected chi connectivity index (χ1v) is 7.53. The maximum absolute atomic E-state index is 11.5. The second kappa shape index (κ2) is 3.57. The topological polar surface area (TPSA) is 61.2 Å². The summed E-state index contributed by atoms with van der Waals surface area (Å²) in [5, 5.41) is 8.11. The van der Waals surface area contributed by atoms with Crippen LogP contribution < -0.4 is 0 Å². The van der Waals surface area contributed by atoms with Crippen molar-refractivity contribution in [2.24, 2.45) is 0 Å². The lowest BCUT2D eigenvalue weighted by Gasteiger charge is -2.24. The summed E-state index contributed by atoms with van der Waals surface area (Å²) in [7, 11) is -2.88. The molecule has 2 aliphatic heterocycles. The van der Waals surface area contributed by atoms with Crippen molar-refractivity contribution < 1.29 is 8.42 Å². The molecule has 1 aromatic carbocycles. The van der Waals surface area contributed by atoms with E-state index in [1.807, 2.05) is 29.2 Å². The summed E-state index contributed by atoms with van der Waals surface area (Å²) in [5.41, 5.74) is 2.07. The maximum Gasteiger partial charge on any atom is 0.152 e. The van der Waals surface area contributed by atoms with Crippen molar-refractivity contribution in [3.8, 4) is 0 Å². The number of rotatable bonds is 1. The van der Waals surface area contributed by atoms with Crippen LogP contribution in [-0.2, 0) is 16.4 Å². The molecule has 1 atom stereocenters. The van der Waals surface area contributed by atoms with Crippen LogP contribution in [0.5, 0.6) is 0 Å². The summed E-state index contributed by atoms with van der Waals surface area (Å²) < 4.78 is 23.0. The Kier molecular flexibility index (Phi) is 2.26. The Balaban J connectivity index is 1.88. The first kappa shape index (κ1) is 10.8. The molecule has 2 aliphatic rings. The van der Waals surface area contributed by atoms with Gasteiger partial charge in [0.25, 0.3) is 0 Å². The van der Waals surface area contributed by atoms with Gasteiger partial charge in [0.05, 0.1) is 11.5 Å². The Morgan fingerprint density at radius 3 is 2.71 bits per heavy atom. The predicted octanol–water partition coefficient (Wildman–Crippen LogP) is 1.01. The van der Waals surface area contributed by atoms with E-state index in [2.05, 4.69) is 0 Å². The molecule has 1 saturated heterocycles. The van der Waals surface area contributed by atoms with E-state index >= 15 is 0 Å². The van der Waals surface area contributed by atoms with Crippen LogP contribution in [-0.4, -0.2) is 36.7 Å². The Bertz CT molecular complexity index is 580. The van der Waals surface area contributed by atoms with Crippen LogP contribution in [0.3, 0.4) is 0 Å². The van der Waals surface area contributed by atoms with Crippen LogP contribution >= 0.6 is 0 Å². The van der Waals surface area contributed by atoms with Gasteiger partial charge in [-0.15, -0.1) is 0 Å². The maximum atomic E-state index is 11.5. The summed E-state index contributed by atoms with van der Waals surface area (Å²) in [4.78, 5) is 1.93. The number of hydrogen-bond acceptors (Lipinski definition) is 3. The molecule has 0 saturated carbocycles. The number of hydrogen-bond donors (Lipinski definition) is 1. The number of nitrogens with zero attached hydrogens (tertiary/aromatic N) is 1. The molecule has 1 aromatic rings. The molecule has 3 rings (SSSR count). The van der Waals surface area contributed by atoms with Gasteiger partial charge in [-0.2, -0.15) is 0 Å². The second-order valence-electron chi connectivity index (χ2n) is 4.69. The van der Waals surface area contributed by atoms with Crippen LogP contribution in [0.1, 0.15) is 17.5 Å².